The highest BCUT2D eigenvalue weighted by Gasteiger charge is 2.22. The van der Waals surface area contributed by atoms with Gasteiger partial charge >= 0.3 is 0 Å². The Balaban J connectivity index is 1.16. The fraction of sp³-hybridized carbons (Fsp3) is 0. The maximum atomic E-state index is 6.50. The van der Waals surface area contributed by atoms with Gasteiger partial charge in [0.1, 0.15) is 22.3 Å². The standard InChI is InChI=1S/C46H24O2S2/c1-3-12-29-27(10-1)41(25-17-20-37-34(23-25)43-38(47-37)21-18-31-26-9-5-7-15-36(26)48-45(31)43)28-11-2-4-13-30(28)42(29)35-24-49-46-32(35)19-22-40-44(46)33-14-6-8-16-39(33)50-40/h1-24H. The fourth-order valence-corrected chi connectivity index (χ4v) is 10.7. The van der Waals surface area contributed by atoms with Gasteiger partial charge in [0, 0.05) is 52.0 Å². The molecule has 4 heteroatoms. The van der Waals surface area contributed by atoms with Gasteiger partial charge in [-0.3, -0.25) is 0 Å². The maximum absolute atomic E-state index is 6.50. The van der Waals surface area contributed by atoms with Gasteiger partial charge < -0.3 is 8.83 Å². The molecule has 0 amide bonds. The first-order valence-electron chi connectivity index (χ1n) is 16.8. The molecule has 12 aromatic rings. The zero-order valence-corrected chi connectivity index (χ0v) is 28.1. The average molecular weight is 673 g/mol. The minimum atomic E-state index is 0.839. The van der Waals surface area contributed by atoms with Crippen molar-refractivity contribution in [1.29, 1.82) is 0 Å². The van der Waals surface area contributed by atoms with Gasteiger partial charge in [-0.15, -0.1) is 22.7 Å². The van der Waals surface area contributed by atoms with E-state index in [2.05, 4.69) is 133 Å². The van der Waals surface area contributed by atoms with E-state index >= 15 is 0 Å². The van der Waals surface area contributed by atoms with Gasteiger partial charge in [-0.25, -0.2) is 0 Å². The molecule has 50 heavy (non-hydrogen) atoms. The number of hydrogen-bond donors (Lipinski definition) is 0. The Morgan fingerprint density at radius 2 is 1.04 bits per heavy atom. The maximum Gasteiger partial charge on any atom is 0.147 e. The van der Waals surface area contributed by atoms with Crippen molar-refractivity contribution in [2.75, 3.05) is 0 Å². The summed E-state index contributed by atoms with van der Waals surface area (Å²) in [7, 11) is 0. The summed E-state index contributed by atoms with van der Waals surface area (Å²) >= 11 is 3.75. The minimum Gasteiger partial charge on any atom is -0.456 e. The van der Waals surface area contributed by atoms with Crippen LogP contribution in [-0.4, -0.2) is 0 Å². The van der Waals surface area contributed by atoms with E-state index in [0.717, 1.165) is 49.4 Å². The normalized spacial score (nSPS) is 12.4. The summed E-state index contributed by atoms with van der Waals surface area (Å²) in [5, 5.41) is 15.7. The molecular formula is C46H24O2S2. The molecule has 0 bridgehead atoms. The number of thiophene rings is 2. The Bertz CT molecular complexity index is 3330. The van der Waals surface area contributed by atoms with Crippen LogP contribution in [0.5, 0.6) is 0 Å². The number of rotatable bonds is 2. The van der Waals surface area contributed by atoms with E-state index in [0.29, 0.717) is 0 Å². The fourth-order valence-electron chi connectivity index (χ4n) is 8.42. The lowest BCUT2D eigenvalue weighted by Crippen LogP contribution is -1.90. The van der Waals surface area contributed by atoms with Crippen LogP contribution in [0, 0.1) is 0 Å². The number of furan rings is 2. The molecule has 0 atom stereocenters. The van der Waals surface area contributed by atoms with Crippen LogP contribution in [0.25, 0.3) is 118 Å². The molecule has 0 aliphatic carbocycles. The van der Waals surface area contributed by atoms with Crippen LogP contribution in [0.2, 0.25) is 0 Å². The van der Waals surface area contributed by atoms with Crippen LogP contribution in [-0.2, 0) is 0 Å². The lowest BCUT2D eigenvalue weighted by atomic mass is 9.85. The molecule has 4 aromatic heterocycles. The van der Waals surface area contributed by atoms with Gasteiger partial charge in [-0.2, -0.15) is 0 Å². The molecular weight excluding hydrogens is 649 g/mol. The number of fused-ring (bicyclic) bond motifs is 14. The summed E-state index contributed by atoms with van der Waals surface area (Å²) in [4.78, 5) is 0. The van der Waals surface area contributed by atoms with Gasteiger partial charge in [0.25, 0.3) is 0 Å². The zero-order chi connectivity index (χ0) is 32.5. The van der Waals surface area contributed by atoms with Gasteiger partial charge in [0.05, 0.1) is 5.39 Å². The van der Waals surface area contributed by atoms with Crippen molar-refractivity contribution in [3.05, 3.63) is 145 Å². The molecule has 0 saturated carbocycles. The molecule has 0 N–H and O–H groups in total. The minimum absolute atomic E-state index is 0.839. The number of para-hydroxylation sites is 1. The molecule has 0 aliphatic heterocycles. The van der Waals surface area contributed by atoms with Crippen molar-refractivity contribution >= 4 is 118 Å². The third-order valence-corrected chi connectivity index (χ3v) is 12.7. The molecule has 12 rings (SSSR count). The molecule has 0 spiro atoms. The van der Waals surface area contributed by atoms with Crippen molar-refractivity contribution in [1.82, 2.24) is 0 Å². The summed E-state index contributed by atoms with van der Waals surface area (Å²) in [6, 6.07) is 50.4. The molecule has 0 radical (unpaired) electrons. The van der Waals surface area contributed by atoms with Crippen LogP contribution in [0.4, 0.5) is 0 Å². The first-order chi connectivity index (χ1) is 24.8. The van der Waals surface area contributed by atoms with E-state index in [9.17, 15) is 0 Å². The second kappa shape index (κ2) is 9.82. The summed E-state index contributed by atoms with van der Waals surface area (Å²) in [5.41, 5.74) is 8.45. The van der Waals surface area contributed by atoms with Gasteiger partial charge in [-0.1, -0.05) is 97.1 Å². The summed E-state index contributed by atoms with van der Waals surface area (Å²) in [6.45, 7) is 0. The third kappa shape index (κ3) is 3.51. The lowest BCUT2D eigenvalue weighted by molar-refractivity contribution is 0.663. The molecule has 0 unspecified atom stereocenters. The van der Waals surface area contributed by atoms with E-state index in [1.165, 1.54) is 68.5 Å². The highest BCUT2D eigenvalue weighted by molar-refractivity contribution is 7.27. The summed E-state index contributed by atoms with van der Waals surface area (Å²) in [5.74, 6) is 0. The molecule has 232 valence electrons. The third-order valence-electron chi connectivity index (χ3n) is 10.5. The van der Waals surface area contributed by atoms with Gasteiger partial charge in [0.2, 0.25) is 0 Å². The van der Waals surface area contributed by atoms with Crippen LogP contribution in [0.3, 0.4) is 0 Å². The Hall–Kier alpha value is -5.94. The molecule has 0 aliphatic rings. The van der Waals surface area contributed by atoms with E-state index in [-0.39, 0.29) is 0 Å². The molecule has 4 heterocycles. The average Bonchev–Trinajstić information content (AvgIpc) is 3.94. The van der Waals surface area contributed by atoms with Gasteiger partial charge in [-0.05, 0) is 86.1 Å². The second-order valence-corrected chi connectivity index (χ2v) is 15.1. The van der Waals surface area contributed by atoms with E-state index in [1.54, 1.807) is 0 Å². The Morgan fingerprint density at radius 1 is 0.400 bits per heavy atom. The van der Waals surface area contributed by atoms with Crippen molar-refractivity contribution in [2.45, 2.75) is 0 Å². The quantitative estimate of drug-likeness (QED) is 0.171. The predicted molar refractivity (Wildman–Crippen MR) is 215 cm³/mol. The van der Waals surface area contributed by atoms with Crippen molar-refractivity contribution in [2.24, 2.45) is 0 Å². The molecule has 0 saturated heterocycles. The molecule has 2 nitrogen and oxygen atoms in total. The molecule has 0 fully saturated rings. The first-order valence-corrected chi connectivity index (χ1v) is 18.5. The summed E-state index contributed by atoms with van der Waals surface area (Å²) in [6.07, 6.45) is 0. The SMILES string of the molecule is c1ccc2c(c1)oc1c2ccc2oc3ccc(-c4c5ccccc5c(-c5csc6c5ccc5sc7ccccc7c56)c5ccccc45)cc3c21. The monoisotopic (exact) mass is 672 g/mol. The second-order valence-electron chi connectivity index (χ2n) is 13.1. The molecule has 8 aromatic carbocycles. The van der Waals surface area contributed by atoms with Crippen molar-refractivity contribution in [3.8, 4) is 22.3 Å². The lowest BCUT2D eigenvalue weighted by Gasteiger charge is -2.17. The van der Waals surface area contributed by atoms with Crippen LogP contribution < -0.4 is 0 Å². The van der Waals surface area contributed by atoms with Crippen molar-refractivity contribution < 1.29 is 8.83 Å². The first kappa shape index (κ1) is 26.9. The Kier molecular flexibility index (Phi) is 5.29. The summed E-state index contributed by atoms with van der Waals surface area (Å²) < 4.78 is 17.0. The topological polar surface area (TPSA) is 26.3 Å². The predicted octanol–water partition coefficient (Wildman–Crippen LogP) is 14.7. The van der Waals surface area contributed by atoms with Crippen LogP contribution >= 0.6 is 22.7 Å². The Labute approximate surface area is 293 Å². The highest BCUT2D eigenvalue weighted by atomic mass is 32.1. The van der Waals surface area contributed by atoms with Gasteiger partial charge in [0.15, 0.2) is 0 Å². The smallest absolute Gasteiger partial charge is 0.147 e. The van der Waals surface area contributed by atoms with Crippen molar-refractivity contribution in [3.63, 3.8) is 0 Å². The van der Waals surface area contributed by atoms with Crippen LogP contribution in [0.1, 0.15) is 0 Å². The van der Waals surface area contributed by atoms with Crippen LogP contribution in [0.15, 0.2) is 154 Å². The number of benzene rings is 8. The Morgan fingerprint density at radius 3 is 1.84 bits per heavy atom. The highest BCUT2D eigenvalue weighted by Crippen LogP contribution is 2.50. The zero-order valence-electron chi connectivity index (χ0n) is 26.5. The van der Waals surface area contributed by atoms with E-state index < -0.39 is 0 Å². The number of hydrogen-bond acceptors (Lipinski definition) is 4. The van der Waals surface area contributed by atoms with E-state index in [1.807, 2.05) is 34.8 Å². The largest absolute Gasteiger partial charge is 0.456 e. The van der Waals surface area contributed by atoms with E-state index in [4.69, 9.17) is 8.83 Å².